The molecule has 37 heavy (non-hydrogen) atoms. The van der Waals surface area contributed by atoms with E-state index in [0.717, 1.165) is 55.1 Å². The first-order chi connectivity index (χ1) is 17.8. The Morgan fingerprint density at radius 2 is 1.62 bits per heavy atom. The van der Waals surface area contributed by atoms with Crippen LogP contribution >= 0.6 is 11.6 Å². The zero-order valence-electron chi connectivity index (χ0n) is 21.2. The smallest absolute Gasteiger partial charge is 0.270 e. The van der Waals surface area contributed by atoms with Crippen LogP contribution in [0.1, 0.15) is 23.0 Å². The van der Waals surface area contributed by atoms with Crippen LogP contribution in [0.2, 0.25) is 5.02 Å². The van der Waals surface area contributed by atoms with Gasteiger partial charge in [0.1, 0.15) is 17.3 Å². The van der Waals surface area contributed by atoms with E-state index in [1.54, 1.807) is 0 Å². The topological polar surface area (TPSA) is 35.0 Å². The fourth-order valence-electron chi connectivity index (χ4n) is 5.41. The first kappa shape index (κ1) is 25.5. The van der Waals surface area contributed by atoms with Gasteiger partial charge < -0.3 is 19.3 Å². The number of carbonyl (C=O) groups is 1. The van der Waals surface area contributed by atoms with Gasteiger partial charge >= 0.3 is 0 Å². The second kappa shape index (κ2) is 10.7. The second-order valence-electron chi connectivity index (χ2n) is 9.98. The Morgan fingerprint density at radius 3 is 2.30 bits per heavy atom. The van der Waals surface area contributed by atoms with Gasteiger partial charge in [-0.1, -0.05) is 23.7 Å². The van der Waals surface area contributed by atoms with Crippen LogP contribution in [-0.2, 0) is 13.6 Å². The number of para-hydroxylation sites is 1. The zero-order valence-corrected chi connectivity index (χ0v) is 22.0. The van der Waals surface area contributed by atoms with Crippen molar-refractivity contribution in [3.63, 3.8) is 0 Å². The van der Waals surface area contributed by atoms with Crippen molar-refractivity contribution in [1.82, 2.24) is 14.4 Å². The number of piperazine rings is 2. The van der Waals surface area contributed by atoms with Crippen LogP contribution in [0, 0.1) is 11.6 Å². The molecular formula is C28H32ClF2N5O. The highest BCUT2D eigenvalue weighted by Crippen LogP contribution is 2.27. The van der Waals surface area contributed by atoms with Crippen LogP contribution in [0.15, 0.2) is 54.7 Å². The third-order valence-electron chi connectivity index (χ3n) is 7.35. The summed E-state index contributed by atoms with van der Waals surface area (Å²) in [6.45, 7) is 7.93. The van der Waals surface area contributed by atoms with E-state index in [1.807, 2.05) is 58.8 Å². The lowest BCUT2D eigenvalue weighted by atomic mass is 10.1. The van der Waals surface area contributed by atoms with E-state index >= 15 is 0 Å². The Kier molecular flexibility index (Phi) is 7.40. The molecule has 2 aromatic carbocycles. The minimum absolute atomic E-state index is 0.0186. The van der Waals surface area contributed by atoms with Crippen molar-refractivity contribution in [2.75, 3.05) is 55.6 Å². The highest BCUT2D eigenvalue weighted by atomic mass is 35.5. The summed E-state index contributed by atoms with van der Waals surface area (Å²) in [6, 6.07) is 13.4. The molecular weight excluding hydrogens is 496 g/mol. The Balaban J connectivity index is 1.19. The molecule has 1 aromatic heterocycles. The van der Waals surface area contributed by atoms with E-state index < -0.39 is 11.6 Å². The Hall–Kier alpha value is -3.10. The summed E-state index contributed by atoms with van der Waals surface area (Å²) in [5.74, 6) is -1.21. The molecule has 2 fully saturated rings. The van der Waals surface area contributed by atoms with Crippen LogP contribution in [-0.4, -0.2) is 72.1 Å². The molecule has 2 saturated heterocycles. The summed E-state index contributed by atoms with van der Waals surface area (Å²) in [6.07, 6.45) is 2.03. The maximum atomic E-state index is 13.7. The lowest BCUT2D eigenvalue weighted by molar-refractivity contribution is 0.0664. The molecule has 196 valence electrons. The fraction of sp³-hybridized carbons (Fsp3) is 0.393. The standard InChI is InChI=1S/C28H32ClF2N5O/c1-20-17-35(24-15-22(30)14-23(31)16-24)11-12-36(20)28(37)27-13-21(18-32(27)2)19-33-7-9-34(10-8-33)26-6-4-3-5-25(26)29/h3-6,13-16,18,20H,7-12,17,19H2,1-2H3/t20-/m0/s1. The van der Waals surface area contributed by atoms with Gasteiger partial charge in [0, 0.05) is 83.4 Å². The number of anilines is 2. The maximum absolute atomic E-state index is 13.7. The minimum Gasteiger partial charge on any atom is -0.368 e. The lowest BCUT2D eigenvalue weighted by Crippen LogP contribution is -2.54. The van der Waals surface area contributed by atoms with Gasteiger partial charge in [-0.2, -0.15) is 0 Å². The SMILES string of the molecule is C[C@H]1CN(c2cc(F)cc(F)c2)CCN1C(=O)c1cc(CN2CCN(c3ccccc3Cl)CC2)cn1C. The molecule has 0 saturated carbocycles. The molecule has 0 aliphatic carbocycles. The quantitative estimate of drug-likeness (QED) is 0.485. The number of amides is 1. The van der Waals surface area contributed by atoms with Crippen molar-refractivity contribution in [2.24, 2.45) is 7.05 Å². The first-order valence-corrected chi connectivity index (χ1v) is 13.1. The molecule has 5 rings (SSSR count). The Morgan fingerprint density at radius 1 is 0.946 bits per heavy atom. The van der Waals surface area contributed by atoms with E-state index in [9.17, 15) is 13.6 Å². The summed E-state index contributed by atoms with van der Waals surface area (Å²) in [5, 5.41) is 0.778. The van der Waals surface area contributed by atoms with Gasteiger partial charge in [-0.3, -0.25) is 9.69 Å². The number of rotatable bonds is 5. The van der Waals surface area contributed by atoms with Gasteiger partial charge in [0.05, 0.1) is 10.7 Å². The second-order valence-corrected chi connectivity index (χ2v) is 10.4. The van der Waals surface area contributed by atoms with Crippen molar-refractivity contribution in [3.8, 4) is 0 Å². The number of aryl methyl sites for hydroxylation is 1. The van der Waals surface area contributed by atoms with E-state index in [2.05, 4.69) is 15.9 Å². The predicted octanol–water partition coefficient (Wildman–Crippen LogP) is 4.63. The molecule has 1 atom stereocenters. The van der Waals surface area contributed by atoms with Gasteiger partial charge in [0.15, 0.2) is 0 Å². The van der Waals surface area contributed by atoms with Crippen molar-refractivity contribution in [2.45, 2.75) is 19.5 Å². The molecule has 2 aliphatic rings. The molecule has 9 heteroatoms. The van der Waals surface area contributed by atoms with Gasteiger partial charge in [-0.25, -0.2) is 8.78 Å². The van der Waals surface area contributed by atoms with E-state index in [0.29, 0.717) is 31.0 Å². The highest BCUT2D eigenvalue weighted by Gasteiger charge is 2.30. The zero-order chi connectivity index (χ0) is 26.1. The summed E-state index contributed by atoms with van der Waals surface area (Å²) < 4.78 is 29.3. The maximum Gasteiger partial charge on any atom is 0.270 e. The van der Waals surface area contributed by atoms with Crippen molar-refractivity contribution < 1.29 is 13.6 Å². The van der Waals surface area contributed by atoms with Gasteiger partial charge in [-0.05, 0) is 42.8 Å². The molecule has 0 bridgehead atoms. The van der Waals surface area contributed by atoms with Crippen LogP contribution in [0.5, 0.6) is 0 Å². The Bertz CT molecular complexity index is 1250. The molecule has 3 heterocycles. The third-order valence-corrected chi connectivity index (χ3v) is 7.67. The summed E-state index contributed by atoms with van der Waals surface area (Å²) in [7, 11) is 1.91. The minimum atomic E-state index is -0.595. The average Bonchev–Trinajstić information content (AvgIpc) is 3.23. The number of nitrogens with zero attached hydrogens (tertiary/aromatic N) is 5. The van der Waals surface area contributed by atoms with Crippen LogP contribution in [0.3, 0.4) is 0 Å². The summed E-state index contributed by atoms with van der Waals surface area (Å²) in [4.78, 5) is 22.0. The molecule has 0 radical (unpaired) electrons. The van der Waals surface area contributed by atoms with Crippen LogP contribution in [0.25, 0.3) is 0 Å². The average molecular weight is 528 g/mol. The van der Waals surface area contributed by atoms with Crippen molar-refractivity contribution in [3.05, 3.63) is 82.6 Å². The summed E-state index contributed by atoms with van der Waals surface area (Å²) in [5.41, 5.74) is 3.35. The van der Waals surface area contributed by atoms with Crippen molar-refractivity contribution >= 4 is 28.9 Å². The van der Waals surface area contributed by atoms with E-state index in [4.69, 9.17) is 11.6 Å². The number of halogens is 3. The number of aromatic nitrogens is 1. The summed E-state index contributed by atoms with van der Waals surface area (Å²) >= 11 is 6.37. The molecule has 6 nitrogen and oxygen atoms in total. The lowest BCUT2D eigenvalue weighted by Gasteiger charge is -2.41. The molecule has 0 unspecified atom stereocenters. The molecule has 3 aromatic rings. The largest absolute Gasteiger partial charge is 0.368 e. The van der Waals surface area contributed by atoms with Gasteiger partial charge in [0.2, 0.25) is 0 Å². The number of hydrogen-bond donors (Lipinski definition) is 0. The molecule has 0 spiro atoms. The van der Waals surface area contributed by atoms with E-state index in [1.165, 1.54) is 12.1 Å². The van der Waals surface area contributed by atoms with Crippen LogP contribution in [0.4, 0.5) is 20.2 Å². The van der Waals surface area contributed by atoms with Crippen LogP contribution < -0.4 is 9.80 Å². The predicted molar refractivity (Wildman–Crippen MR) is 143 cm³/mol. The molecule has 2 aliphatic heterocycles. The highest BCUT2D eigenvalue weighted by molar-refractivity contribution is 6.33. The fourth-order valence-corrected chi connectivity index (χ4v) is 5.66. The normalized spacial score (nSPS) is 18.9. The Labute approximate surface area is 221 Å². The first-order valence-electron chi connectivity index (χ1n) is 12.7. The number of benzene rings is 2. The molecule has 1 amide bonds. The third kappa shape index (κ3) is 5.60. The van der Waals surface area contributed by atoms with Crippen molar-refractivity contribution in [1.29, 1.82) is 0 Å². The number of carbonyl (C=O) groups excluding carboxylic acids is 1. The van der Waals surface area contributed by atoms with Gasteiger partial charge in [-0.15, -0.1) is 0 Å². The monoisotopic (exact) mass is 527 g/mol. The van der Waals surface area contributed by atoms with Gasteiger partial charge in [0.25, 0.3) is 5.91 Å². The van der Waals surface area contributed by atoms with E-state index in [-0.39, 0.29) is 11.9 Å². The molecule has 0 N–H and O–H groups in total. The number of hydrogen-bond acceptors (Lipinski definition) is 4.